The molecule has 1 heterocycles. The van der Waals surface area contributed by atoms with Gasteiger partial charge in [-0.15, -0.1) is 0 Å². The van der Waals surface area contributed by atoms with Crippen LogP contribution in [0.4, 0.5) is 5.82 Å². The zero-order valence-electron chi connectivity index (χ0n) is 12.0. The summed E-state index contributed by atoms with van der Waals surface area (Å²) >= 11 is 0. The van der Waals surface area contributed by atoms with E-state index < -0.39 is 0 Å². The van der Waals surface area contributed by atoms with Gasteiger partial charge in [0.25, 0.3) is 0 Å². The molecule has 0 spiro atoms. The van der Waals surface area contributed by atoms with Crippen LogP contribution in [-0.2, 0) is 19.1 Å². The zero-order valence-corrected chi connectivity index (χ0v) is 12.0. The highest BCUT2D eigenvalue weighted by molar-refractivity contribution is 5.33. The summed E-state index contributed by atoms with van der Waals surface area (Å²) in [6, 6.07) is 10.00. The normalized spacial score (nSPS) is 11.6. The summed E-state index contributed by atoms with van der Waals surface area (Å²) in [6.07, 6.45) is 0. The second-order valence-corrected chi connectivity index (χ2v) is 5.75. The average Bonchev–Trinajstić information content (AvgIpc) is 2.66. The van der Waals surface area contributed by atoms with Crippen molar-refractivity contribution in [2.45, 2.75) is 32.8 Å². The molecule has 0 aliphatic heterocycles. The highest BCUT2D eigenvalue weighted by Gasteiger charge is 2.14. The van der Waals surface area contributed by atoms with Crippen molar-refractivity contribution < 1.29 is 4.74 Å². The quantitative estimate of drug-likeness (QED) is 0.922. The summed E-state index contributed by atoms with van der Waals surface area (Å²) in [5.74, 6) is 1.50. The van der Waals surface area contributed by atoms with Crippen LogP contribution in [0.3, 0.4) is 0 Å². The molecule has 19 heavy (non-hydrogen) atoms. The van der Waals surface area contributed by atoms with E-state index in [2.05, 4.69) is 38.0 Å². The SMILES string of the molecule is Cn1nc(COc2cccc(C(C)(C)C)c2)cc1N. The lowest BCUT2D eigenvalue weighted by Crippen LogP contribution is -2.11. The fourth-order valence-corrected chi connectivity index (χ4v) is 1.82. The molecule has 0 atom stereocenters. The van der Waals surface area contributed by atoms with Gasteiger partial charge in [0.05, 0.1) is 0 Å². The minimum atomic E-state index is 0.120. The fraction of sp³-hybridized carbons (Fsp3) is 0.400. The Hall–Kier alpha value is -1.97. The Kier molecular flexibility index (Phi) is 3.51. The van der Waals surface area contributed by atoms with Crippen LogP contribution < -0.4 is 10.5 Å². The predicted molar refractivity (Wildman–Crippen MR) is 77.1 cm³/mol. The lowest BCUT2D eigenvalue weighted by molar-refractivity contribution is 0.299. The second kappa shape index (κ2) is 4.96. The minimum absolute atomic E-state index is 0.120. The van der Waals surface area contributed by atoms with Crippen LogP contribution in [0.25, 0.3) is 0 Å². The van der Waals surface area contributed by atoms with Crippen molar-refractivity contribution in [3.05, 3.63) is 41.6 Å². The van der Waals surface area contributed by atoms with Gasteiger partial charge in [-0.05, 0) is 23.1 Å². The molecule has 2 N–H and O–H groups in total. The first-order chi connectivity index (χ1) is 8.86. The topological polar surface area (TPSA) is 53.1 Å². The van der Waals surface area contributed by atoms with Gasteiger partial charge in [-0.2, -0.15) is 5.10 Å². The van der Waals surface area contributed by atoms with E-state index in [1.54, 1.807) is 4.68 Å². The maximum Gasteiger partial charge on any atom is 0.132 e. The molecule has 0 bridgehead atoms. The van der Waals surface area contributed by atoms with Crippen molar-refractivity contribution in [1.82, 2.24) is 9.78 Å². The summed E-state index contributed by atoms with van der Waals surface area (Å²) in [5.41, 5.74) is 7.95. The summed E-state index contributed by atoms with van der Waals surface area (Å²) in [7, 11) is 1.82. The Morgan fingerprint density at radius 3 is 2.58 bits per heavy atom. The molecule has 2 rings (SSSR count). The highest BCUT2D eigenvalue weighted by Crippen LogP contribution is 2.25. The molecule has 4 nitrogen and oxygen atoms in total. The van der Waals surface area contributed by atoms with Crippen LogP contribution in [0.1, 0.15) is 32.0 Å². The van der Waals surface area contributed by atoms with E-state index in [9.17, 15) is 0 Å². The smallest absolute Gasteiger partial charge is 0.132 e. The first-order valence-corrected chi connectivity index (χ1v) is 6.38. The Morgan fingerprint density at radius 2 is 2.00 bits per heavy atom. The molecule has 0 amide bonds. The summed E-state index contributed by atoms with van der Waals surface area (Å²) in [5, 5.41) is 4.26. The Balaban J connectivity index is 2.07. The minimum Gasteiger partial charge on any atom is -0.487 e. The van der Waals surface area contributed by atoms with Crippen molar-refractivity contribution in [3.8, 4) is 5.75 Å². The first-order valence-electron chi connectivity index (χ1n) is 6.38. The van der Waals surface area contributed by atoms with E-state index in [1.165, 1.54) is 5.56 Å². The van der Waals surface area contributed by atoms with E-state index in [1.807, 2.05) is 25.2 Å². The fourth-order valence-electron chi connectivity index (χ4n) is 1.82. The largest absolute Gasteiger partial charge is 0.487 e. The third kappa shape index (κ3) is 3.28. The lowest BCUT2D eigenvalue weighted by Gasteiger charge is -2.19. The van der Waals surface area contributed by atoms with Crippen LogP contribution in [0.5, 0.6) is 5.75 Å². The number of aromatic nitrogens is 2. The lowest BCUT2D eigenvalue weighted by atomic mass is 9.87. The number of hydrogen-bond acceptors (Lipinski definition) is 3. The van der Waals surface area contributed by atoms with E-state index in [0.29, 0.717) is 12.4 Å². The van der Waals surface area contributed by atoms with Crippen molar-refractivity contribution >= 4 is 5.82 Å². The Bertz CT molecular complexity index is 548. The van der Waals surface area contributed by atoms with Crippen molar-refractivity contribution in [3.63, 3.8) is 0 Å². The number of aryl methyl sites for hydroxylation is 1. The number of benzene rings is 1. The van der Waals surface area contributed by atoms with Gasteiger partial charge >= 0.3 is 0 Å². The molecule has 0 radical (unpaired) electrons. The van der Waals surface area contributed by atoms with Gasteiger partial charge < -0.3 is 10.5 Å². The van der Waals surface area contributed by atoms with Crippen LogP contribution >= 0.6 is 0 Å². The molecule has 1 aromatic carbocycles. The number of ether oxygens (including phenoxy) is 1. The van der Waals surface area contributed by atoms with Crippen LogP contribution in [0.2, 0.25) is 0 Å². The molecule has 0 aliphatic rings. The standard InChI is InChI=1S/C15H21N3O/c1-15(2,3)11-6-5-7-13(8-11)19-10-12-9-14(16)18(4)17-12/h5-9H,10,16H2,1-4H3. The molecule has 0 unspecified atom stereocenters. The van der Waals surface area contributed by atoms with Gasteiger partial charge in [0, 0.05) is 13.1 Å². The summed E-state index contributed by atoms with van der Waals surface area (Å²) < 4.78 is 7.41. The Morgan fingerprint density at radius 1 is 1.26 bits per heavy atom. The molecule has 102 valence electrons. The molecular formula is C15H21N3O. The van der Waals surface area contributed by atoms with Gasteiger partial charge in [-0.25, -0.2) is 0 Å². The number of nitrogens with zero attached hydrogens (tertiary/aromatic N) is 2. The third-order valence-corrected chi connectivity index (χ3v) is 3.05. The molecule has 4 heteroatoms. The van der Waals surface area contributed by atoms with Crippen LogP contribution in [-0.4, -0.2) is 9.78 Å². The van der Waals surface area contributed by atoms with Crippen LogP contribution in [0.15, 0.2) is 30.3 Å². The predicted octanol–water partition coefficient (Wildman–Crippen LogP) is 2.88. The van der Waals surface area contributed by atoms with Gasteiger partial charge in [-0.3, -0.25) is 4.68 Å². The highest BCUT2D eigenvalue weighted by atomic mass is 16.5. The van der Waals surface area contributed by atoms with Gasteiger partial charge in [0.2, 0.25) is 0 Å². The van der Waals surface area contributed by atoms with Gasteiger partial charge in [-0.1, -0.05) is 32.9 Å². The molecule has 1 aromatic heterocycles. The molecular weight excluding hydrogens is 238 g/mol. The maximum atomic E-state index is 5.76. The summed E-state index contributed by atoms with van der Waals surface area (Å²) in [4.78, 5) is 0. The molecule has 0 fully saturated rings. The molecule has 0 saturated heterocycles. The first kappa shape index (κ1) is 13.5. The monoisotopic (exact) mass is 259 g/mol. The Labute approximate surface area is 114 Å². The van der Waals surface area contributed by atoms with E-state index in [4.69, 9.17) is 10.5 Å². The van der Waals surface area contributed by atoms with Crippen LogP contribution in [0, 0.1) is 0 Å². The summed E-state index contributed by atoms with van der Waals surface area (Å²) in [6.45, 7) is 6.99. The molecule has 0 saturated carbocycles. The van der Waals surface area contributed by atoms with Gasteiger partial charge in [0.1, 0.15) is 23.9 Å². The van der Waals surface area contributed by atoms with Crippen molar-refractivity contribution in [2.75, 3.05) is 5.73 Å². The third-order valence-electron chi connectivity index (χ3n) is 3.05. The number of nitrogen functional groups attached to an aromatic ring is 1. The molecule has 2 aromatic rings. The number of nitrogens with two attached hydrogens (primary N) is 1. The van der Waals surface area contributed by atoms with E-state index in [0.717, 1.165) is 11.4 Å². The zero-order chi connectivity index (χ0) is 14.0. The number of anilines is 1. The average molecular weight is 259 g/mol. The molecule has 0 aliphatic carbocycles. The second-order valence-electron chi connectivity index (χ2n) is 5.75. The number of hydrogen-bond donors (Lipinski definition) is 1. The van der Waals surface area contributed by atoms with Gasteiger partial charge in [0.15, 0.2) is 0 Å². The van der Waals surface area contributed by atoms with E-state index >= 15 is 0 Å². The van der Waals surface area contributed by atoms with Crippen molar-refractivity contribution in [1.29, 1.82) is 0 Å². The maximum absolute atomic E-state index is 5.76. The van der Waals surface area contributed by atoms with Crippen molar-refractivity contribution in [2.24, 2.45) is 7.05 Å². The number of rotatable bonds is 3. The van der Waals surface area contributed by atoms with E-state index in [-0.39, 0.29) is 5.41 Å².